The number of benzene rings is 1. The average Bonchev–Trinajstić information content (AvgIpc) is 2.02. The maximum absolute atomic E-state index is 10.6. The van der Waals surface area contributed by atoms with Crippen LogP contribution in [0, 0.1) is 0 Å². The summed E-state index contributed by atoms with van der Waals surface area (Å²) < 4.78 is 29.8. The number of amides is 2. The second kappa shape index (κ2) is 5.94. The van der Waals surface area contributed by atoms with E-state index in [1.54, 1.807) is 0 Å². The molecule has 0 atom stereocenters. The quantitative estimate of drug-likeness (QED) is 0.501. The van der Waals surface area contributed by atoms with E-state index < -0.39 is 16.1 Å². The first-order valence-electron chi connectivity index (χ1n) is 3.53. The first-order chi connectivity index (χ1) is 6.39. The van der Waals surface area contributed by atoms with Crippen molar-refractivity contribution in [3.05, 3.63) is 24.3 Å². The predicted molar refractivity (Wildman–Crippen MR) is 56.6 cm³/mol. The fraction of sp³-hybridized carbons (Fsp3) is 0. The van der Waals surface area contributed by atoms with Crippen molar-refractivity contribution < 1.29 is 17.8 Å². The van der Waals surface area contributed by atoms with E-state index in [1.165, 1.54) is 12.1 Å². The molecule has 2 amide bonds. The van der Waals surface area contributed by atoms with Crippen LogP contribution in [0.5, 0.6) is 0 Å². The molecule has 0 fully saturated rings. The number of primary amides is 1. The van der Waals surface area contributed by atoms with Crippen LogP contribution in [0.15, 0.2) is 29.2 Å². The summed E-state index contributed by atoms with van der Waals surface area (Å²) in [6.45, 7) is 0. The monoisotopic (exact) mass is 256 g/mol. The molecule has 0 aliphatic heterocycles. The molecule has 0 aliphatic rings. The van der Waals surface area contributed by atoms with Gasteiger partial charge in [-0.1, -0.05) is 0 Å². The topological polar surface area (TPSA) is 109 Å². The number of rotatable bonds is 2. The summed E-state index contributed by atoms with van der Waals surface area (Å²) in [6.07, 6.45) is 0. The zero-order chi connectivity index (χ0) is 10.8. The standard InChI is InChI=1S/C7H8N2O4S.K.H/c8-7(10)9-5-1-3-6(4-2-5)14(11,12)13;;/h1-4H,(H3,8,9,10)(H,11,12,13);;. The molecule has 1 aromatic rings. The number of anilines is 1. The summed E-state index contributed by atoms with van der Waals surface area (Å²) in [5, 5.41) is 2.25. The van der Waals surface area contributed by atoms with Gasteiger partial charge in [-0.3, -0.25) is 4.55 Å². The van der Waals surface area contributed by atoms with Crippen molar-refractivity contribution in [3.63, 3.8) is 0 Å². The van der Waals surface area contributed by atoms with Crippen molar-refractivity contribution >= 4 is 73.2 Å². The van der Waals surface area contributed by atoms with E-state index in [9.17, 15) is 13.2 Å². The number of nitrogens with two attached hydrogens (primary N) is 1. The second-order valence-electron chi connectivity index (χ2n) is 2.49. The zero-order valence-electron chi connectivity index (χ0n) is 6.97. The van der Waals surface area contributed by atoms with Crippen LogP contribution in [-0.4, -0.2) is 70.4 Å². The molecule has 8 heteroatoms. The number of carbonyl (C=O) groups is 1. The van der Waals surface area contributed by atoms with E-state index in [0.29, 0.717) is 5.69 Å². The summed E-state index contributed by atoms with van der Waals surface area (Å²) in [7, 11) is -4.19. The molecule has 0 saturated heterocycles. The van der Waals surface area contributed by atoms with E-state index in [2.05, 4.69) is 5.32 Å². The summed E-state index contributed by atoms with van der Waals surface area (Å²) in [4.78, 5) is 10.2. The van der Waals surface area contributed by atoms with Crippen LogP contribution in [0.3, 0.4) is 0 Å². The van der Waals surface area contributed by atoms with Gasteiger partial charge in [0.05, 0.1) is 4.90 Å². The summed E-state index contributed by atoms with van der Waals surface area (Å²) in [6, 6.07) is 4.19. The molecule has 0 heterocycles. The van der Waals surface area contributed by atoms with Crippen LogP contribution >= 0.6 is 0 Å². The summed E-state index contributed by atoms with van der Waals surface area (Å²) >= 11 is 0. The number of urea groups is 1. The molecule has 78 valence electrons. The molecule has 0 aliphatic carbocycles. The van der Waals surface area contributed by atoms with Crippen molar-refractivity contribution in [1.29, 1.82) is 0 Å². The average molecular weight is 256 g/mol. The molecule has 15 heavy (non-hydrogen) atoms. The van der Waals surface area contributed by atoms with Crippen LogP contribution < -0.4 is 11.1 Å². The van der Waals surface area contributed by atoms with Gasteiger partial charge in [0.2, 0.25) is 0 Å². The Kier molecular flexibility index (Phi) is 5.96. The van der Waals surface area contributed by atoms with Gasteiger partial charge in [-0.2, -0.15) is 8.42 Å². The number of hydrogen-bond acceptors (Lipinski definition) is 3. The molecule has 1 rings (SSSR count). The van der Waals surface area contributed by atoms with Crippen molar-refractivity contribution in [2.24, 2.45) is 5.73 Å². The molecule has 0 saturated carbocycles. The summed E-state index contributed by atoms with van der Waals surface area (Å²) in [5.41, 5.74) is 5.18. The Labute approximate surface area is 129 Å². The van der Waals surface area contributed by atoms with Gasteiger partial charge in [0.25, 0.3) is 10.1 Å². The van der Waals surface area contributed by atoms with Crippen molar-refractivity contribution in [1.82, 2.24) is 0 Å². The third-order valence-electron chi connectivity index (χ3n) is 1.42. The van der Waals surface area contributed by atoms with Gasteiger partial charge in [-0.25, -0.2) is 4.79 Å². The Morgan fingerprint density at radius 2 is 1.73 bits per heavy atom. The van der Waals surface area contributed by atoms with Crippen LogP contribution in [0.2, 0.25) is 0 Å². The Bertz CT molecular complexity index is 443. The third kappa shape index (κ3) is 5.07. The number of nitrogens with one attached hydrogen (secondary N) is 1. The maximum atomic E-state index is 10.6. The van der Waals surface area contributed by atoms with Crippen LogP contribution in [0.25, 0.3) is 0 Å². The predicted octanol–water partition coefficient (Wildman–Crippen LogP) is -0.225. The van der Waals surface area contributed by atoms with Gasteiger partial charge < -0.3 is 11.1 Å². The third-order valence-corrected chi connectivity index (χ3v) is 2.29. The SMILES string of the molecule is NC(=O)Nc1ccc(S(=O)(=O)O)cc1.[KH]. The molecule has 0 spiro atoms. The van der Waals surface area contributed by atoms with Crippen molar-refractivity contribution in [2.45, 2.75) is 4.90 Å². The van der Waals surface area contributed by atoms with E-state index in [0.717, 1.165) is 12.1 Å². The number of hydrogen-bond donors (Lipinski definition) is 3. The minimum atomic E-state index is -4.19. The zero-order valence-corrected chi connectivity index (χ0v) is 7.78. The first kappa shape index (κ1) is 15.0. The van der Waals surface area contributed by atoms with E-state index >= 15 is 0 Å². The Morgan fingerprint density at radius 3 is 2.07 bits per heavy atom. The van der Waals surface area contributed by atoms with Crippen molar-refractivity contribution in [2.75, 3.05) is 5.32 Å². The van der Waals surface area contributed by atoms with Crippen LogP contribution in [0.4, 0.5) is 10.5 Å². The van der Waals surface area contributed by atoms with Gasteiger partial charge in [0.1, 0.15) is 0 Å². The number of carbonyl (C=O) groups excluding carboxylic acids is 1. The molecule has 0 bridgehead atoms. The van der Waals surface area contributed by atoms with E-state index in [4.69, 9.17) is 10.3 Å². The normalized spacial score (nSPS) is 10.2. The Morgan fingerprint density at radius 1 is 1.27 bits per heavy atom. The Balaban J connectivity index is 0.00000196. The van der Waals surface area contributed by atoms with Gasteiger partial charge in [0.15, 0.2) is 0 Å². The minimum absolute atomic E-state index is 0. The van der Waals surface area contributed by atoms with Gasteiger partial charge in [-0.15, -0.1) is 0 Å². The van der Waals surface area contributed by atoms with Gasteiger partial charge in [0, 0.05) is 5.69 Å². The molecular weight excluding hydrogens is 247 g/mol. The first-order valence-corrected chi connectivity index (χ1v) is 4.97. The van der Waals surface area contributed by atoms with Gasteiger partial charge in [-0.05, 0) is 24.3 Å². The molecule has 0 unspecified atom stereocenters. The van der Waals surface area contributed by atoms with Crippen LogP contribution in [0.1, 0.15) is 0 Å². The van der Waals surface area contributed by atoms with Gasteiger partial charge >= 0.3 is 57.4 Å². The Hall–Kier alpha value is 0.0364. The molecule has 4 N–H and O–H groups in total. The molecule has 0 radical (unpaired) electrons. The van der Waals surface area contributed by atoms with E-state index in [-0.39, 0.29) is 56.3 Å². The molecule has 1 aromatic carbocycles. The molecule has 6 nitrogen and oxygen atoms in total. The molecule has 0 aromatic heterocycles. The fourth-order valence-corrected chi connectivity index (χ4v) is 1.33. The molecular formula is C7H9KN2O4S. The van der Waals surface area contributed by atoms with E-state index in [1.807, 2.05) is 0 Å². The second-order valence-corrected chi connectivity index (χ2v) is 3.91. The summed E-state index contributed by atoms with van der Waals surface area (Å²) in [5.74, 6) is 0. The van der Waals surface area contributed by atoms with Crippen LogP contribution in [-0.2, 0) is 10.1 Å². The van der Waals surface area contributed by atoms with Crippen molar-refractivity contribution in [3.8, 4) is 0 Å². The fourth-order valence-electron chi connectivity index (χ4n) is 0.852.